The smallest absolute Gasteiger partial charge is 0.228 e. The van der Waals surface area contributed by atoms with Gasteiger partial charge in [-0.05, 0) is 49.1 Å². The second-order valence-corrected chi connectivity index (χ2v) is 7.93. The third-order valence-electron chi connectivity index (χ3n) is 4.84. The average molecular weight is 419 g/mol. The lowest BCUT2D eigenvalue weighted by atomic mass is 10.1. The van der Waals surface area contributed by atoms with E-state index >= 15 is 0 Å². The molecule has 0 radical (unpaired) electrons. The maximum absolute atomic E-state index is 12.6. The van der Waals surface area contributed by atoms with Crippen LogP contribution in [0.15, 0.2) is 70.6 Å². The molecule has 152 valence electrons. The molecule has 0 bridgehead atoms. The summed E-state index contributed by atoms with van der Waals surface area (Å²) in [4.78, 5) is 13.7. The van der Waals surface area contributed by atoms with Crippen molar-refractivity contribution >= 4 is 22.9 Å². The summed E-state index contributed by atoms with van der Waals surface area (Å²) in [6, 6.07) is 19.5. The van der Waals surface area contributed by atoms with Crippen molar-refractivity contribution in [1.82, 2.24) is 5.16 Å². The quantitative estimate of drug-likeness (QED) is 0.413. The Balaban J connectivity index is 1.37. The van der Waals surface area contributed by atoms with Crippen LogP contribution in [0.5, 0.6) is 5.75 Å². The number of amides is 1. The lowest BCUT2D eigenvalue weighted by Gasteiger charge is -2.10. The second-order valence-electron chi connectivity index (χ2n) is 6.98. The second kappa shape index (κ2) is 8.97. The minimum atomic E-state index is -0.0524. The van der Waals surface area contributed by atoms with Crippen molar-refractivity contribution in [2.75, 3.05) is 5.32 Å². The number of hydrogen-bond donors (Lipinski definition) is 1. The number of anilines is 1. The van der Waals surface area contributed by atoms with Crippen LogP contribution in [-0.4, -0.2) is 11.1 Å². The Kier molecular flexibility index (Phi) is 5.95. The maximum Gasteiger partial charge on any atom is 0.228 e. The fraction of sp³-hybridized carbons (Fsp3) is 0.167. The van der Waals surface area contributed by atoms with Crippen LogP contribution >= 0.6 is 11.3 Å². The summed E-state index contributed by atoms with van der Waals surface area (Å²) in [7, 11) is 0. The number of benzene rings is 2. The fourth-order valence-corrected chi connectivity index (χ4v) is 3.95. The van der Waals surface area contributed by atoms with E-state index in [4.69, 9.17) is 9.26 Å². The molecule has 2 aromatic carbocycles. The third kappa shape index (κ3) is 4.60. The number of thiophene rings is 1. The molecule has 2 heterocycles. The summed E-state index contributed by atoms with van der Waals surface area (Å²) >= 11 is 1.65. The molecule has 0 unspecified atom stereocenters. The predicted octanol–water partition coefficient (Wildman–Crippen LogP) is 5.78. The van der Waals surface area contributed by atoms with E-state index in [-0.39, 0.29) is 5.91 Å². The van der Waals surface area contributed by atoms with Gasteiger partial charge in [-0.1, -0.05) is 41.6 Å². The Morgan fingerprint density at radius 1 is 1.07 bits per heavy atom. The van der Waals surface area contributed by atoms with Gasteiger partial charge in [0, 0.05) is 16.1 Å². The zero-order chi connectivity index (χ0) is 20.9. The first-order valence-electron chi connectivity index (χ1n) is 9.66. The summed E-state index contributed by atoms with van der Waals surface area (Å²) < 4.78 is 11.0. The van der Waals surface area contributed by atoms with Crippen molar-refractivity contribution in [1.29, 1.82) is 0 Å². The van der Waals surface area contributed by atoms with Crippen molar-refractivity contribution in [3.8, 4) is 16.2 Å². The van der Waals surface area contributed by atoms with Gasteiger partial charge in [0.1, 0.15) is 18.1 Å². The van der Waals surface area contributed by atoms with Gasteiger partial charge in [-0.3, -0.25) is 4.79 Å². The molecule has 2 aromatic heterocycles. The minimum absolute atomic E-state index is 0.0524. The molecule has 0 saturated carbocycles. The summed E-state index contributed by atoms with van der Waals surface area (Å²) in [5.74, 6) is 1.45. The van der Waals surface area contributed by atoms with E-state index in [0.717, 1.165) is 44.5 Å². The first-order valence-corrected chi connectivity index (χ1v) is 10.5. The molecule has 4 rings (SSSR count). The van der Waals surface area contributed by atoms with E-state index in [1.54, 1.807) is 11.3 Å². The average Bonchev–Trinajstić information content (AvgIpc) is 3.38. The molecule has 0 atom stereocenters. The molecule has 30 heavy (non-hydrogen) atoms. The first-order chi connectivity index (χ1) is 14.6. The van der Waals surface area contributed by atoms with Crippen LogP contribution in [0, 0.1) is 13.8 Å². The van der Waals surface area contributed by atoms with E-state index < -0.39 is 0 Å². The van der Waals surface area contributed by atoms with Gasteiger partial charge < -0.3 is 14.6 Å². The van der Waals surface area contributed by atoms with Gasteiger partial charge in [0.25, 0.3) is 0 Å². The molecule has 1 amide bonds. The van der Waals surface area contributed by atoms with Crippen molar-refractivity contribution in [3.63, 3.8) is 0 Å². The standard InChI is InChI=1S/C24H22N2O3S/c1-16-21(17(2)29-26-16)15-28-19-11-9-18(10-12-19)14-24(27)25-22-7-4-3-6-20(22)23-8-5-13-30-23/h3-13H,14-15H2,1-2H3,(H,25,27). The van der Waals surface area contributed by atoms with E-state index in [1.807, 2.05) is 73.8 Å². The highest BCUT2D eigenvalue weighted by Gasteiger charge is 2.11. The zero-order valence-corrected chi connectivity index (χ0v) is 17.7. The number of ether oxygens (including phenoxy) is 1. The number of nitrogens with zero attached hydrogens (tertiary/aromatic N) is 1. The van der Waals surface area contributed by atoms with E-state index in [9.17, 15) is 4.79 Å². The first kappa shape index (κ1) is 19.9. The lowest BCUT2D eigenvalue weighted by molar-refractivity contribution is -0.115. The fourth-order valence-electron chi connectivity index (χ4n) is 3.19. The van der Waals surface area contributed by atoms with Crippen molar-refractivity contribution in [2.45, 2.75) is 26.9 Å². The Bertz CT molecular complexity index is 1110. The highest BCUT2D eigenvalue weighted by Crippen LogP contribution is 2.31. The number of hydrogen-bond acceptors (Lipinski definition) is 5. The number of carbonyl (C=O) groups excluding carboxylic acids is 1. The van der Waals surface area contributed by atoms with Gasteiger partial charge in [-0.2, -0.15) is 0 Å². The van der Waals surface area contributed by atoms with Crippen LogP contribution in [0.3, 0.4) is 0 Å². The van der Waals surface area contributed by atoms with Crippen molar-refractivity contribution in [3.05, 3.63) is 88.6 Å². The Morgan fingerprint density at radius 2 is 1.87 bits per heavy atom. The van der Waals surface area contributed by atoms with Gasteiger partial charge in [0.15, 0.2) is 0 Å². The minimum Gasteiger partial charge on any atom is -0.489 e. The molecule has 0 aliphatic rings. The topological polar surface area (TPSA) is 64.4 Å². The van der Waals surface area contributed by atoms with Gasteiger partial charge in [-0.25, -0.2) is 0 Å². The molecule has 0 aliphatic carbocycles. The molecule has 5 nitrogen and oxygen atoms in total. The van der Waals surface area contributed by atoms with Crippen LogP contribution in [0.1, 0.15) is 22.6 Å². The van der Waals surface area contributed by atoms with Gasteiger partial charge >= 0.3 is 0 Å². The number of nitrogens with one attached hydrogen (secondary N) is 1. The predicted molar refractivity (Wildman–Crippen MR) is 119 cm³/mol. The van der Waals surface area contributed by atoms with Crippen molar-refractivity contribution < 1.29 is 14.1 Å². The summed E-state index contributed by atoms with van der Waals surface area (Å²) in [6.07, 6.45) is 0.295. The van der Waals surface area contributed by atoms with Crippen LogP contribution in [0.4, 0.5) is 5.69 Å². The van der Waals surface area contributed by atoms with E-state index in [0.29, 0.717) is 13.0 Å². The number of rotatable bonds is 7. The van der Waals surface area contributed by atoms with Gasteiger partial charge in [0.05, 0.1) is 17.7 Å². The molecule has 0 saturated heterocycles. The zero-order valence-electron chi connectivity index (χ0n) is 16.8. The molecular weight excluding hydrogens is 396 g/mol. The number of para-hydroxylation sites is 1. The largest absolute Gasteiger partial charge is 0.489 e. The third-order valence-corrected chi connectivity index (χ3v) is 5.74. The summed E-state index contributed by atoms with van der Waals surface area (Å²) in [5.41, 5.74) is 4.57. The Morgan fingerprint density at radius 3 is 2.57 bits per heavy atom. The highest BCUT2D eigenvalue weighted by molar-refractivity contribution is 7.13. The number of aromatic nitrogens is 1. The SMILES string of the molecule is Cc1noc(C)c1COc1ccc(CC(=O)Nc2ccccc2-c2cccs2)cc1. The van der Waals surface area contributed by atoms with Crippen LogP contribution in [-0.2, 0) is 17.8 Å². The number of carbonyl (C=O) groups is 1. The molecular formula is C24H22N2O3S. The molecule has 0 fully saturated rings. The highest BCUT2D eigenvalue weighted by atomic mass is 32.1. The summed E-state index contributed by atoms with van der Waals surface area (Å²) in [5, 5.41) is 9.00. The van der Waals surface area contributed by atoms with Gasteiger partial charge in [-0.15, -0.1) is 11.3 Å². The van der Waals surface area contributed by atoms with Crippen LogP contribution in [0.2, 0.25) is 0 Å². The van der Waals surface area contributed by atoms with E-state index in [1.165, 1.54) is 0 Å². The molecule has 1 N–H and O–H groups in total. The monoisotopic (exact) mass is 418 g/mol. The summed E-state index contributed by atoms with van der Waals surface area (Å²) in [6.45, 7) is 4.17. The van der Waals surface area contributed by atoms with Crippen molar-refractivity contribution in [2.24, 2.45) is 0 Å². The van der Waals surface area contributed by atoms with Gasteiger partial charge in [0.2, 0.25) is 5.91 Å². The molecule has 6 heteroatoms. The normalized spacial score (nSPS) is 10.7. The molecule has 4 aromatic rings. The van der Waals surface area contributed by atoms with E-state index in [2.05, 4.69) is 16.5 Å². The Hall–Kier alpha value is -3.38. The molecule has 0 aliphatic heterocycles. The lowest BCUT2D eigenvalue weighted by Crippen LogP contribution is -2.14. The van der Waals surface area contributed by atoms with Crippen LogP contribution < -0.4 is 10.1 Å². The van der Waals surface area contributed by atoms with Crippen LogP contribution in [0.25, 0.3) is 10.4 Å². The Labute approximate surface area is 179 Å². The molecule has 0 spiro atoms. The maximum atomic E-state index is 12.6. The number of aryl methyl sites for hydroxylation is 2.